The second kappa shape index (κ2) is 3.51. The molecule has 1 heterocycles. The number of nitrogens with zero attached hydrogens (tertiary/aromatic N) is 1. The highest BCUT2D eigenvalue weighted by atomic mass is 32.2. The molecule has 1 fully saturated rings. The fraction of sp³-hybridized carbons (Fsp3) is 1.00. The van der Waals surface area contributed by atoms with Gasteiger partial charge in [0, 0.05) is 6.54 Å². The Bertz CT molecular complexity index is 206. The van der Waals surface area contributed by atoms with Crippen LogP contribution in [0.3, 0.4) is 0 Å². The van der Waals surface area contributed by atoms with Crippen LogP contribution in [0, 0.1) is 0 Å². The maximum atomic E-state index is 11.2. The summed E-state index contributed by atoms with van der Waals surface area (Å²) in [6.45, 7) is 2.66. The van der Waals surface area contributed by atoms with Gasteiger partial charge in [0.1, 0.15) is 0 Å². The predicted octanol–water partition coefficient (Wildman–Crippen LogP) is 0.364. The first-order valence-electron chi connectivity index (χ1n) is 3.80. The lowest BCUT2D eigenvalue weighted by Gasteiger charge is -2.24. The summed E-state index contributed by atoms with van der Waals surface area (Å²) in [5, 5.41) is 0. The largest absolute Gasteiger partial charge is 0.284 e. The molecule has 0 atom stereocenters. The average Bonchev–Trinajstić information content (AvgIpc) is 2.06. The Morgan fingerprint density at radius 3 is 2.64 bits per heavy atom. The van der Waals surface area contributed by atoms with Crippen LogP contribution < -0.4 is 0 Å². The van der Waals surface area contributed by atoms with E-state index in [1.54, 1.807) is 6.92 Å². The third-order valence-corrected chi connectivity index (χ3v) is 3.28. The third-order valence-electron chi connectivity index (χ3n) is 1.65. The topological polar surface area (TPSA) is 46.6 Å². The van der Waals surface area contributed by atoms with Crippen LogP contribution in [0.5, 0.6) is 0 Å². The van der Waals surface area contributed by atoms with Gasteiger partial charge in [-0.05, 0) is 19.8 Å². The summed E-state index contributed by atoms with van der Waals surface area (Å²) in [5.41, 5.74) is 0. The van der Waals surface area contributed by atoms with Crippen molar-refractivity contribution in [3.63, 3.8) is 0 Å². The van der Waals surface area contributed by atoms with Gasteiger partial charge < -0.3 is 0 Å². The fourth-order valence-electron chi connectivity index (χ4n) is 0.937. The van der Waals surface area contributed by atoms with Crippen LogP contribution in [0.4, 0.5) is 0 Å². The van der Waals surface area contributed by atoms with E-state index in [9.17, 15) is 8.42 Å². The van der Waals surface area contributed by atoms with E-state index in [2.05, 4.69) is 0 Å². The normalized spacial score (nSPS) is 21.9. The molecule has 1 aliphatic heterocycles. The molecule has 0 N–H and O–H groups in total. The number of hydroxylamine groups is 1. The molecule has 0 aliphatic carbocycles. The molecule has 0 aromatic rings. The molecule has 1 rings (SSSR count). The number of sulfonamides is 1. The van der Waals surface area contributed by atoms with Crippen LogP contribution in [0.25, 0.3) is 0 Å². The molecule has 1 saturated heterocycles. The molecule has 0 unspecified atom stereocenters. The van der Waals surface area contributed by atoms with Crippen molar-refractivity contribution in [2.45, 2.75) is 19.8 Å². The molecule has 5 heteroatoms. The van der Waals surface area contributed by atoms with Gasteiger partial charge in [-0.1, -0.05) is 4.47 Å². The van der Waals surface area contributed by atoms with Crippen molar-refractivity contribution in [2.75, 3.05) is 18.9 Å². The Morgan fingerprint density at radius 1 is 1.45 bits per heavy atom. The van der Waals surface area contributed by atoms with E-state index in [-0.39, 0.29) is 5.75 Å². The number of hydrogen-bond acceptors (Lipinski definition) is 3. The van der Waals surface area contributed by atoms with E-state index in [4.69, 9.17) is 4.84 Å². The fourth-order valence-corrected chi connectivity index (χ4v) is 1.87. The number of hydrogen-bond donors (Lipinski definition) is 0. The van der Waals surface area contributed by atoms with E-state index in [0.717, 1.165) is 17.3 Å². The molecule has 0 aromatic carbocycles. The zero-order chi connectivity index (χ0) is 8.32. The van der Waals surface area contributed by atoms with Gasteiger partial charge >= 0.3 is 0 Å². The summed E-state index contributed by atoms with van der Waals surface area (Å²) in [4.78, 5) is 4.98. The Labute approximate surface area is 67.1 Å². The molecule has 0 aromatic heterocycles. The molecule has 0 amide bonds. The van der Waals surface area contributed by atoms with Crippen LogP contribution in [0.15, 0.2) is 0 Å². The molecule has 0 saturated carbocycles. The maximum absolute atomic E-state index is 11.2. The standard InChI is InChI=1S/C6H13NO3S/c1-2-11(8,9)7-5-3-4-6-10-7/h2-6H2,1H3. The molecular formula is C6H13NO3S. The van der Waals surface area contributed by atoms with E-state index in [0.29, 0.717) is 13.2 Å². The lowest BCUT2D eigenvalue weighted by Crippen LogP contribution is -2.36. The van der Waals surface area contributed by atoms with Crippen LogP contribution >= 0.6 is 0 Å². The molecule has 1 aliphatic rings. The first-order chi connectivity index (χ1) is 5.17. The molecule has 0 bridgehead atoms. The van der Waals surface area contributed by atoms with Crippen LogP contribution in [-0.4, -0.2) is 31.8 Å². The zero-order valence-corrected chi connectivity index (χ0v) is 7.43. The number of rotatable bonds is 2. The van der Waals surface area contributed by atoms with Crippen molar-refractivity contribution in [1.29, 1.82) is 0 Å². The Morgan fingerprint density at radius 2 is 2.18 bits per heavy atom. The lowest BCUT2D eigenvalue weighted by molar-refractivity contribution is -0.108. The van der Waals surface area contributed by atoms with Gasteiger partial charge in [-0.2, -0.15) is 0 Å². The Hall–Kier alpha value is -0.130. The summed E-state index contributed by atoms with van der Waals surface area (Å²) in [7, 11) is -3.11. The highest BCUT2D eigenvalue weighted by Crippen LogP contribution is 2.10. The van der Waals surface area contributed by atoms with E-state index >= 15 is 0 Å². The van der Waals surface area contributed by atoms with Gasteiger partial charge in [0.2, 0.25) is 10.0 Å². The molecule has 0 radical (unpaired) electrons. The first-order valence-corrected chi connectivity index (χ1v) is 5.41. The highest BCUT2D eigenvalue weighted by Gasteiger charge is 2.22. The minimum Gasteiger partial charge on any atom is -0.284 e. The molecular weight excluding hydrogens is 166 g/mol. The van der Waals surface area contributed by atoms with Crippen LogP contribution in [-0.2, 0) is 14.9 Å². The maximum Gasteiger partial charge on any atom is 0.235 e. The van der Waals surface area contributed by atoms with Gasteiger partial charge in [-0.3, -0.25) is 4.84 Å². The van der Waals surface area contributed by atoms with Gasteiger partial charge in [-0.25, -0.2) is 8.42 Å². The zero-order valence-electron chi connectivity index (χ0n) is 6.62. The molecule has 11 heavy (non-hydrogen) atoms. The van der Waals surface area contributed by atoms with Crippen LogP contribution in [0.1, 0.15) is 19.8 Å². The van der Waals surface area contributed by atoms with Crippen molar-refractivity contribution in [3.05, 3.63) is 0 Å². The second-order valence-electron chi connectivity index (χ2n) is 2.47. The predicted molar refractivity (Wildman–Crippen MR) is 41.4 cm³/mol. The van der Waals surface area contributed by atoms with Gasteiger partial charge in [0.05, 0.1) is 12.4 Å². The second-order valence-corrected chi connectivity index (χ2v) is 4.62. The Kier molecular flexibility index (Phi) is 2.86. The summed E-state index contributed by atoms with van der Waals surface area (Å²) in [6.07, 6.45) is 1.86. The van der Waals surface area contributed by atoms with Crippen molar-refractivity contribution in [3.8, 4) is 0 Å². The summed E-state index contributed by atoms with van der Waals surface area (Å²) in [5.74, 6) is 0.118. The highest BCUT2D eigenvalue weighted by molar-refractivity contribution is 7.88. The van der Waals surface area contributed by atoms with E-state index in [1.807, 2.05) is 0 Å². The SMILES string of the molecule is CCS(=O)(=O)N1CCCCO1. The molecule has 0 spiro atoms. The minimum absolute atomic E-state index is 0.118. The Balaban J connectivity index is 2.58. The van der Waals surface area contributed by atoms with Crippen LogP contribution in [0.2, 0.25) is 0 Å². The van der Waals surface area contributed by atoms with Crippen molar-refractivity contribution >= 4 is 10.0 Å². The van der Waals surface area contributed by atoms with Crippen molar-refractivity contribution < 1.29 is 13.3 Å². The quantitative estimate of drug-likeness (QED) is 0.615. The van der Waals surface area contributed by atoms with Gasteiger partial charge in [0.25, 0.3) is 0 Å². The smallest absolute Gasteiger partial charge is 0.235 e. The lowest BCUT2D eigenvalue weighted by atomic mass is 10.3. The molecule has 4 nitrogen and oxygen atoms in total. The van der Waals surface area contributed by atoms with E-state index < -0.39 is 10.0 Å². The monoisotopic (exact) mass is 179 g/mol. The van der Waals surface area contributed by atoms with Gasteiger partial charge in [-0.15, -0.1) is 0 Å². The van der Waals surface area contributed by atoms with Crippen molar-refractivity contribution in [2.24, 2.45) is 0 Å². The van der Waals surface area contributed by atoms with Gasteiger partial charge in [0.15, 0.2) is 0 Å². The summed E-state index contributed by atoms with van der Waals surface area (Å²) < 4.78 is 23.4. The minimum atomic E-state index is -3.11. The third kappa shape index (κ3) is 2.15. The van der Waals surface area contributed by atoms with E-state index in [1.165, 1.54) is 0 Å². The summed E-state index contributed by atoms with van der Waals surface area (Å²) >= 11 is 0. The molecule has 66 valence electrons. The average molecular weight is 179 g/mol. The van der Waals surface area contributed by atoms with Crippen molar-refractivity contribution in [1.82, 2.24) is 4.47 Å². The first kappa shape index (κ1) is 8.96. The summed E-state index contributed by atoms with van der Waals surface area (Å²) in [6, 6.07) is 0.